The van der Waals surface area contributed by atoms with Crippen LogP contribution in [-0.4, -0.2) is 4.57 Å². The molecule has 2 nitrogen and oxygen atoms in total. The molecule has 0 spiro atoms. The number of aryl methyl sites for hydroxylation is 1. The maximum atomic E-state index is 14.2. The number of halogens is 1. The quantitative estimate of drug-likeness (QED) is 0.641. The normalized spacial score (nSPS) is 11.3. The predicted molar refractivity (Wildman–Crippen MR) is 87.8 cm³/mol. The molecular formula is C19H20FNO. The van der Waals surface area contributed by atoms with Crippen molar-refractivity contribution in [2.75, 3.05) is 0 Å². The highest BCUT2D eigenvalue weighted by atomic mass is 19.1. The first-order chi connectivity index (χ1) is 10.6. The second-order valence-electron chi connectivity index (χ2n) is 5.89. The minimum absolute atomic E-state index is 0.195. The third-order valence-corrected chi connectivity index (χ3v) is 3.86. The molecule has 0 atom stereocenters. The second-order valence-corrected chi connectivity index (χ2v) is 5.89. The van der Waals surface area contributed by atoms with Crippen LogP contribution in [0.1, 0.15) is 31.0 Å². The summed E-state index contributed by atoms with van der Waals surface area (Å²) in [5.74, 6) is 0.604. The Morgan fingerprint density at radius 2 is 1.82 bits per heavy atom. The minimum atomic E-state index is -0.195. The summed E-state index contributed by atoms with van der Waals surface area (Å²) in [5.41, 5.74) is 2.98. The zero-order valence-electron chi connectivity index (χ0n) is 13.1. The summed E-state index contributed by atoms with van der Waals surface area (Å²) in [7, 11) is 0. The van der Waals surface area contributed by atoms with Gasteiger partial charge in [0.05, 0.1) is 5.52 Å². The number of ether oxygens (including phenoxy) is 1. The number of nitrogens with zero attached hydrogens (tertiary/aromatic N) is 1. The molecule has 114 valence electrons. The van der Waals surface area contributed by atoms with Crippen molar-refractivity contribution in [2.24, 2.45) is 0 Å². The second kappa shape index (κ2) is 5.84. The fourth-order valence-electron chi connectivity index (χ4n) is 2.68. The first kappa shape index (κ1) is 14.6. The molecule has 0 saturated heterocycles. The Balaban J connectivity index is 1.94. The molecule has 0 saturated carbocycles. The van der Waals surface area contributed by atoms with E-state index in [0.29, 0.717) is 12.0 Å². The zero-order valence-corrected chi connectivity index (χ0v) is 13.1. The standard InChI is InChI=1S/C19H20FNO/c1-13(2)21-11-15(19-17(20)5-4-6-18(19)21)12-22-16-9-7-14(3)8-10-16/h4-11,13H,12H2,1-3H3. The molecule has 2 aromatic carbocycles. The number of hydrogen-bond acceptors (Lipinski definition) is 1. The van der Waals surface area contributed by atoms with Crippen molar-refractivity contribution in [1.82, 2.24) is 4.57 Å². The molecule has 1 heterocycles. The molecule has 3 aromatic rings. The van der Waals surface area contributed by atoms with Crippen molar-refractivity contribution < 1.29 is 9.13 Å². The molecule has 0 aliphatic rings. The highest BCUT2D eigenvalue weighted by Crippen LogP contribution is 2.28. The first-order valence-electron chi connectivity index (χ1n) is 7.53. The van der Waals surface area contributed by atoms with Gasteiger partial charge in [0.15, 0.2) is 0 Å². The van der Waals surface area contributed by atoms with E-state index in [1.807, 2.05) is 43.5 Å². The van der Waals surface area contributed by atoms with E-state index >= 15 is 0 Å². The lowest BCUT2D eigenvalue weighted by Gasteiger charge is -2.08. The van der Waals surface area contributed by atoms with Crippen LogP contribution in [0, 0.1) is 12.7 Å². The molecule has 0 radical (unpaired) electrons. The van der Waals surface area contributed by atoms with E-state index in [1.54, 1.807) is 6.07 Å². The zero-order chi connectivity index (χ0) is 15.7. The molecule has 3 rings (SSSR count). The Bertz CT molecular complexity index is 787. The summed E-state index contributed by atoms with van der Waals surface area (Å²) in [6, 6.07) is 13.4. The summed E-state index contributed by atoms with van der Waals surface area (Å²) in [5, 5.41) is 0.656. The van der Waals surface area contributed by atoms with Gasteiger partial charge in [-0.3, -0.25) is 0 Å². The Labute approximate surface area is 130 Å². The van der Waals surface area contributed by atoms with Gasteiger partial charge in [-0.25, -0.2) is 4.39 Å². The molecule has 1 aromatic heterocycles. The molecule has 3 heteroatoms. The van der Waals surface area contributed by atoms with E-state index in [1.165, 1.54) is 11.6 Å². The van der Waals surface area contributed by atoms with Crippen LogP contribution in [0.5, 0.6) is 5.75 Å². The van der Waals surface area contributed by atoms with Crippen molar-refractivity contribution in [3.8, 4) is 5.75 Å². The lowest BCUT2D eigenvalue weighted by molar-refractivity contribution is 0.307. The predicted octanol–water partition coefficient (Wildman–Crippen LogP) is 5.25. The van der Waals surface area contributed by atoms with E-state index in [4.69, 9.17) is 4.74 Å². The van der Waals surface area contributed by atoms with Crippen LogP contribution in [0.2, 0.25) is 0 Å². The van der Waals surface area contributed by atoms with E-state index in [0.717, 1.165) is 16.8 Å². The van der Waals surface area contributed by atoms with Crippen LogP contribution < -0.4 is 4.74 Å². The summed E-state index contributed by atoms with van der Waals surface area (Å²) in [4.78, 5) is 0. The fraction of sp³-hybridized carbons (Fsp3) is 0.263. The molecule has 0 fully saturated rings. The number of aromatic nitrogens is 1. The lowest BCUT2D eigenvalue weighted by Crippen LogP contribution is -1.98. The topological polar surface area (TPSA) is 14.2 Å². The smallest absolute Gasteiger partial charge is 0.132 e. The summed E-state index contributed by atoms with van der Waals surface area (Å²) < 4.78 is 22.1. The summed E-state index contributed by atoms with van der Waals surface area (Å²) >= 11 is 0. The van der Waals surface area contributed by atoms with Crippen LogP contribution in [0.3, 0.4) is 0 Å². The third kappa shape index (κ3) is 2.71. The molecular weight excluding hydrogens is 277 g/mol. The SMILES string of the molecule is Cc1ccc(OCc2cn(C(C)C)c3cccc(F)c23)cc1. The number of rotatable bonds is 4. The Kier molecular flexibility index (Phi) is 3.88. The van der Waals surface area contributed by atoms with Gasteiger partial charge in [-0.15, -0.1) is 0 Å². The van der Waals surface area contributed by atoms with E-state index < -0.39 is 0 Å². The largest absolute Gasteiger partial charge is 0.489 e. The Hall–Kier alpha value is -2.29. The van der Waals surface area contributed by atoms with Gasteiger partial charge in [0.2, 0.25) is 0 Å². The molecule has 0 N–H and O–H groups in total. The fourth-order valence-corrected chi connectivity index (χ4v) is 2.68. The van der Waals surface area contributed by atoms with Gasteiger partial charge in [0.25, 0.3) is 0 Å². The third-order valence-electron chi connectivity index (χ3n) is 3.86. The van der Waals surface area contributed by atoms with Gasteiger partial charge in [-0.05, 0) is 45.0 Å². The minimum Gasteiger partial charge on any atom is -0.489 e. The van der Waals surface area contributed by atoms with Gasteiger partial charge in [-0.2, -0.15) is 0 Å². The van der Waals surface area contributed by atoms with Crippen LogP contribution in [0.25, 0.3) is 10.9 Å². The van der Waals surface area contributed by atoms with Gasteiger partial charge in [0, 0.05) is 23.2 Å². The molecule has 22 heavy (non-hydrogen) atoms. The van der Waals surface area contributed by atoms with Crippen molar-refractivity contribution in [1.29, 1.82) is 0 Å². The maximum Gasteiger partial charge on any atom is 0.132 e. The van der Waals surface area contributed by atoms with Crippen LogP contribution >= 0.6 is 0 Å². The van der Waals surface area contributed by atoms with Gasteiger partial charge in [-0.1, -0.05) is 23.8 Å². The Morgan fingerprint density at radius 1 is 1.09 bits per heavy atom. The summed E-state index contributed by atoms with van der Waals surface area (Å²) in [6.45, 7) is 6.58. The van der Waals surface area contributed by atoms with Gasteiger partial charge < -0.3 is 9.30 Å². The molecule has 0 amide bonds. The lowest BCUT2D eigenvalue weighted by atomic mass is 10.1. The monoisotopic (exact) mass is 297 g/mol. The van der Waals surface area contributed by atoms with Crippen molar-refractivity contribution in [2.45, 2.75) is 33.4 Å². The van der Waals surface area contributed by atoms with Crippen LogP contribution in [0.15, 0.2) is 48.7 Å². The van der Waals surface area contributed by atoms with E-state index in [9.17, 15) is 4.39 Å². The summed E-state index contributed by atoms with van der Waals surface area (Å²) in [6.07, 6.45) is 1.99. The van der Waals surface area contributed by atoms with Crippen LogP contribution in [0.4, 0.5) is 4.39 Å². The average molecular weight is 297 g/mol. The number of fused-ring (bicyclic) bond motifs is 1. The first-order valence-corrected chi connectivity index (χ1v) is 7.53. The molecule has 0 bridgehead atoms. The van der Waals surface area contributed by atoms with Gasteiger partial charge in [0.1, 0.15) is 18.2 Å². The molecule has 0 aliphatic heterocycles. The molecule has 0 unspecified atom stereocenters. The van der Waals surface area contributed by atoms with Crippen molar-refractivity contribution in [3.05, 3.63) is 65.6 Å². The maximum absolute atomic E-state index is 14.2. The number of hydrogen-bond donors (Lipinski definition) is 0. The van der Waals surface area contributed by atoms with E-state index in [-0.39, 0.29) is 11.9 Å². The highest BCUT2D eigenvalue weighted by Gasteiger charge is 2.14. The van der Waals surface area contributed by atoms with Gasteiger partial charge >= 0.3 is 0 Å². The molecule has 0 aliphatic carbocycles. The van der Waals surface area contributed by atoms with Crippen molar-refractivity contribution in [3.63, 3.8) is 0 Å². The Morgan fingerprint density at radius 3 is 2.50 bits per heavy atom. The number of benzene rings is 2. The highest BCUT2D eigenvalue weighted by molar-refractivity contribution is 5.84. The van der Waals surface area contributed by atoms with Crippen LogP contribution in [-0.2, 0) is 6.61 Å². The van der Waals surface area contributed by atoms with Crippen molar-refractivity contribution >= 4 is 10.9 Å². The van der Waals surface area contributed by atoms with E-state index in [2.05, 4.69) is 18.4 Å². The average Bonchev–Trinajstić information content (AvgIpc) is 2.87.